The molecule has 1 aliphatic rings. The Morgan fingerprint density at radius 1 is 1.24 bits per heavy atom. The van der Waals surface area contributed by atoms with Crippen molar-refractivity contribution in [1.82, 2.24) is 0 Å². The first-order valence-corrected chi connectivity index (χ1v) is 10.9. The second-order valence-corrected chi connectivity index (χ2v) is 9.41. The molecule has 5 nitrogen and oxygen atoms in total. The zero-order valence-corrected chi connectivity index (χ0v) is 17.0. The standard InChI is InChI=1S/C17H17BrN2O3S2/c1-11-3-5-15(14(18)9-11)19-25(22,23)13-4-6-17-16(10-13)20(12(2)21)7-8-24-17/h3-6,9-10,19H,7-8H2,1-2H3. The maximum atomic E-state index is 12.8. The van der Waals surface area contributed by atoms with Gasteiger partial charge in [-0.3, -0.25) is 9.52 Å². The number of benzene rings is 2. The van der Waals surface area contributed by atoms with E-state index >= 15 is 0 Å². The van der Waals surface area contributed by atoms with Crippen molar-refractivity contribution in [2.24, 2.45) is 0 Å². The van der Waals surface area contributed by atoms with Gasteiger partial charge in [0.15, 0.2) is 0 Å². The summed E-state index contributed by atoms with van der Waals surface area (Å²) in [5.41, 5.74) is 2.15. The number of rotatable bonds is 3. The molecule has 1 aliphatic heterocycles. The van der Waals surface area contributed by atoms with E-state index in [4.69, 9.17) is 0 Å². The lowest BCUT2D eigenvalue weighted by Gasteiger charge is -2.28. The fourth-order valence-corrected chi connectivity index (χ4v) is 5.40. The van der Waals surface area contributed by atoms with E-state index in [9.17, 15) is 13.2 Å². The van der Waals surface area contributed by atoms with Crippen LogP contribution in [0.15, 0.2) is 50.7 Å². The smallest absolute Gasteiger partial charge is 0.262 e. The lowest BCUT2D eigenvalue weighted by atomic mass is 10.2. The van der Waals surface area contributed by atoms with Crippen LogP contribution in [0.3, 0.4) is 0 Å². The van der Waals surface area contributed by atoms with Gasteiger partial charge < -0.3 is 4.90 Å². The van der Waals surface area contributed by atoms with E-state index in [-0.39, 0.29) is 10.8 Å². The largest absolute Gasteiger partial charge is 0.311 e. The molecule has 2 aromatic carbocycles. The summed E-state index contributed by atoms with van der Waals surface area (Å²) >= 11 is 5.00. The molecule has 0 bridgehead atoms. The Hall–Kier alpha value is -1.51. The van der Waals surface area contributed by atoms with Crippen molar-refractivity contribution in [3.05, 3.63) is 46.4 Å². The molecule has 0 aromatic heterocycles. The van der Waals surface area contributed by atoms with Crippen molar-refractivity contribution < 1.29 is 13.2 Å². The van der Waals surface area contributed by atoms with Gasteiger partial charge >= 0.3 is 0 Å². The number of carbonyl (C=O) groups is 1. The molecule has 1 heterocycles. The second-order valence-electron chi connectivity index (χ2n) is 5.74. The van der Waals surface area contributed by atoms with Gasteiger partial charge in [0.05, 0.1) is 16.3 Å². The molecule has 1 N–H and O–H groups in total. The fraction of sp³-hybridized carbons (Fsp3) is 0.235. The summed E-state index contributed by atoms with van der Waals surface area (Å²) in [4.78, 5) is 14.5. The molecular weight excluding hydrogens is 424 g/mol. The van der Waals surface area contributed by atoms with Crippen LogP contribution < -0.4 is 9.62 Å². The summed E-state index contributed by atoms with van der Waals surface area (Å²) in [5, 5.41) is 0. The SMILES string of the molecule is CC(=O)N1CCSc2ccc(S(=O)(=O)Nc3ccc(C)cc3Br)cc21. The number of halogens is 1. The number of nitrogens with zero attached hydrogens (tertiary/aromatic N) is 1. The minimum Gasteiger partial charge on any atom is -0.311 e. The van der Waals surface area contributed by atoms with Gasteiger partial charge in [0, 0.05) is 28.6 Å². The highest BCUT2D eigenvalue weighted by Gasteiger charge is 2.24. The van der Waals surface area contributed by atoms with Crippen LogP contribution in [0.5, 0.6) is 0 Å². The molecule has 3 rings (SSSR count). The molecule has 0 spiro atoms. The third kappa shape index (κ3) is 3.86. The van der Waals surface area contributed by atoms with Gasteiger partial charge in [0.2, 0.25) is 5.91 Å². The summed E-state index contributed by atoms with van der Waals surface area (Å²) in [5.74, 6) is 0.707. The van der Waals surface area contributed by atoms with Gasteiger partial charge in [-0.1, -0.05) is 6.07 Å². The van der Waals surface area contributed by atoms with Gasteiger partial charge in [-0.25, -0.2) is 8.42 Å². The summed E-state index contributed by atoms with van der Waals surface area (Å²) in [7, 11) is -3.76. The predicted molar refractivity (Wildman–Crippen MR) is 105 cm³/mol. The van der Waals surface area contributed by atoms with E-state index in [0.29, 0.717) is 22.4 Å². The number of hydrogen-bond donors (Lipinski definition) is 1. The topological polar surface area (TPSA) is 66.5 Å². The number of sulfonamides is 1. The van der Waals surface area contributed by atoms with Crippen molar-refractivity contribution in [2.75, 3.05) is 21.9 Å². The van der Waals surface area contributed by atoms with Crippen LogP contribution >= 0.6 is 27.7 Å². The van der Waals surface area contributed by atoms with Crippen LogP contribution in [0.25, 0.3) is 0 Å². The number of nitrogens with one attached hydrogen (secondary N) is 1. The average Bonchev–Trinajstić information content (AvgIpc) is 2.56. The van der Waals surface area contributed by atoms with Crippen LogP contribution in [-0.4, -0.2) is 26.6 Å². The van der Waals surface area contributed by atoms with Gasteiger partial charge in [-0.05, 0) is 58.7 Å². The monoisotopic (exact) mass is 440 g/mol. The molecule has 0 radical (unpaired) electrons. The quantitative estimate of drug-likeness (QED) is 0.782. The molecule has 0 saturated carbocycles. The molecule has 132 valence electrons. The van der Waals surface area contributed by atoms with Crippen molar-refractivity contribution in [2.45, 2.75) is 23.6 Å². The second kappa shape index (κ2) is 7.01. The van der Waals surface area contributed by atoms with E-state index in [1.807, 2.05) is 19.1 Å². The average molecular weight is 441 g/mol. The van der Waals surface area contributed by atoms with Crippen LogP contribution in [0.1, 0.15) is 12.5 Å². The Balaban J connectivity index is 1.98. The maximum Gasteiger partial charge on any atom is 0.262 e. The number of fused-ring (bicyclic) bond motifs is 1. The Bertz CT molecular complexity index is 945. The Labute approximate surface area is 160 Å². The zero-order valence-electron chi connectivity index (χ0n) is 13.7. The Morgan fingerprint density at radius 2 is 2.00 bits per heavy atom. The fourth-order valence-electron chi connectivity index (χ4n) is 2.60. The van der Waals surface area contributed by atoms with E-state index in [0.717, 1.165) is 16.2 Å². The summed E-state index contributed by atoms with van der Waals surface area (Å²) in [6.07, 6.45) is 0. The molecule has 1 amide bonds. The van der Waals surface area contributed by atoms with E-state index < -0.39 is 10.0 Å². The van der Waals surface area contributed by atoms with Gasteiger partial charge in [-0.2, -0.15) is 0 Å². The van der Waals surface area contributed by atoms with Crippen LogP contribution in [-0.2, 0) is 14.8 Å². The highest BCUT2D eigenvalue weighted by Crippen LogP contribution is 2.37. The number of hydrogen-bond acceptors (Lipinski definition) is 4. The summed E-state index contributed by atoms with van der Waals surface area (Å²) in [6.45, 7) is 4.00. The van der Waals surface area contributed by atoms with E-state index in [2.05, 4.69) is 20.7 Å². The number of anilines is 2. The van der Waals surface area contributed by atoms with Crippen molar-refractivity contribution >= 4 is 55.0 Å². The molecular formula is C17H17BrN2O3S2. The van der Waals surface area contributed by atoms with Gasteiger partial charge in [-0.15, -0.1) is 11.8 Å². The van der Waals surface area contributed by atoms with Gasteiger partial charge in [0.1, 0.15) is 0 Å². The van der Waals surface area contributed by atoms with E-state index in [1.165, 1.54) is 6.92 Å². The minimum absolute atomic E-state index is 0.0923. The first-order chi connectivity index (χ1) is 11.8. The highest BCUT2D eigenvalue weighted by molar-refractivity contribution is 9.10. The molecule has 0 atom stereocenters. The number of thioether (sulfide) groups is 1. The molecule has 0 aliphatic carbocycles. The third-order valence-corrected chi connectivity index (χ3v) is 6.92. The normalized spacial score (nSPS) is 14.1. The first-order valence-electron chi connectivity index (χ1n) is 7.62. The van der Waals surface area contributed by atoms with Crippen molar-refractivity contribution in [3.63, 3.8) is 0 Å². The molecule has 8 heteroatoms. The van der Waals surface area contributed by atoms with Gasteiger partial charge in [0.25, 0.3) is 10.0 Å². The third-order valence-electron chi connectivity index (χ3n) is 3.85. The molecule has 0 saturated heterocycles. The van der Waals surface area contributed by atoms with Crippen LogP contribution in [0, 0.1) is 6.92 Å². The predicted octanol–water partition coefficient (Wildman–Crippen LogP) is 4.02. The number of aryl methyl sites for hydroxylation is 1. The van der Waals surface area contributed by atoms with Crippen molar-refractivity contribution in [1.29, 1.82) is 0 Å². The molecule has 25 heavy (non-hydrogen) atoms. The summed E-state index contributed by atoms with van der Waals surface area (Å²) in [6, 6.07) is 10.3. The van der Waals surface area contributed by atoms with Crippen molar-refractivity contribution in [3.8, 4) is 0 Å². The zero-order chi connectivity index (χ0) is 18.2. The summed E-state index contributed by atoms with van der Waals surface area (Å²) < 4.78 is 28.8. The minimum atomic E-state index is -3.76. The highest BCUT2D eigenvalue weighted by atomic mass is 79.9. The lowest BCUT2D eigenvalue weighted by Crippen LogP contribution is -2.33. The molecule has 2 aromatic rings. The molecule has 0 fully saturated rings. The van der Waals surface area contributed by atoms with Crippen LogP contribution in [0.4, 0.5) is 11.4 Å². The molecule has 0 unspecified atom stereocenters. The first kappa shape index (κ1) is 18.3. The van der Waals surface area contributed by atoms with Crippen LogP contribution in [0.2, 0.25) is 0 Å². The van der Waals surface area contributed by atoms with E-state index in [1.54, 1.807) is 40.9 Å². The Kier molecular flexibility index (Phi) is 5.13. The Morgan fingerprint density at radius 3 is 2.68 bits per heavy atom. The maximum absolute atomic E-state index is 12.8. The lowest BCUT2D eigenvalue weighted by molar-refractivity contribution is -0.116. The number of amides is 1. The number of carbonyl (C=O) groups excluding carboxylic acids is 1.